The average molecular weight is 597 g/mol. The number of benzene rings is 2. The molecule has 1 saturated heterocycles. The molecule has 0 radical (unpaired) electrons. The van der Waals surface area contributed by atoms with Crippen LogP contribution in [0.25, 0.3) is 0 Å². The quantitative estimate of drug-likeness (QED) is 0.237. The number of anilines is 1. The Hall–Kier alpha value is -2.95. The molecule has 36 heavy (non-hydrogen) atoms. The molecule has 4 rings (SSSR count). The van der Waals surface area contributed by atoms with Gasteiger partial charge in [-0.05, 0) is 55.3 Å². The highest BCUT2D eigenvalue weighted by Crippen LogP contribution is 2.43. The summed E-state index contributed by atoms with van der Waals surface area (Å²) in [4.78, 5) is 63.5. The SMILES string of the molecule is O=C(COC(=O)c1cccc(N2C(=O)[C@@H]3C[C@@H](Cl)[C@@H](Cl)C[C@H]3C2=O)c1)NNC(=O)c1ccc(Br)cc1. The molecule has 1 aliphatic heterocycles. The molecule has 2 N–H and O–H groups in total. The highest BCUT2D eigenvalue weighted by molar-refractivity contribution is 9.10. The van der Waals surface area contributed by atoms with E-state index in [0.717, 1.165) is 9.37 Å². The molecule has 0 spiro atoms. The lowest BCUT2D eigenvalue weighted by Gasteiger charge is -2.28. The Balaban J connectivity index is 1.34. The number of alkyl halides is 2. The lowest BCUT2D eigenvalue weighted by molar-refractivity contribution is -0.125. The van der Waals surface area contributed by atoms with Gasteiger partial charge in [0.1, 0.15) is 0 Å². The highest BCUT2D eigenvalue weighted by Gasteiger charge is 2.52. The zero-order valence-corrected chi connectivity index (χ0v) is 21.7. The van der Waals surface area contributed by atoms with Crippen LogP contribution >= 0.6 is 39.1 Å². The molecule has 2 aliphatic rings. The first kappa shape index (κ1) is 26.1. The first-order valence-corrected chi connectivity index (χ1v) is 12.6. The fourth-order valence-corrected chi connectivity index (χ4v) is 5.03. The number of carbonyl (C=O) groups is 5. The van der Waals surface area contributed by atoms with E-state index in [1.165, 1.54) is 24.3 Å². The average Bonchev–Trinajstić information content (AvgIpc) is 3.10. The van der Waals surface area contributed by atoms with Crippen molar-refractivity contribution in [3.8, 4) is 0 Å². The van der Waals surface area contributed by atoms with Gasteiger partial charge >= 0.3 is 5.97 Å². The summed E-state index contributed by atoms with van der Waals surface area (Å²) in [7, 11) is 0. The van der Waals surface area contributed by atoms with Crippen molar-refractivity contribution < 1.29 is 28.7 Å². The van der Waals surface area contributed by atoms with Crippen LogP contribution in [0.15, 0.2) is 53.0 Å². The van der Waals surface area contributed by atoms with Gasteiger partial charge in [0, 0.05) is 10.0 Å². The minimum atomic E-state index is -0.843. The van der Waals surface area contributed by atoms with Crippen molar-refractivity contribution in [2.45, 2.75) is 23.6 Å². The number of rotatable bonds is 5. The number of nitrogens with zero attached hydrogens (tertiary/aromatic N) is 1. The Morgan fingerprint density at radius 3 is 2.14 bits per heavy atom. The van der Waals surface area contributed by atoms with Crippen LogP contribution in [0.4, 0.5) is 5.69 Å². The van der Waals surface area contributed by atoms with Crippen LogP contribution in [0.1, 0.15) is 33.6 Å². The van der Waals surface area contributed by atoms with Gasteiger partial charge in [0.15, 0.2) is 6.61 Å². The molecule has 2 aromatic rings. The Morgan fingerprint density at radius 1 is 0.917 bits per heavy atom. The third-order valence-electron chi connectivity index (χ3n) is 6.01. The number of hydrazine groups is 1. The first-order chi connectivity index (χ1) is 17.2. The molecule has 0 aromatic heterocycles. The molecule has 1 saturated carbocycles. The maximum Gasteiger partial charge on any atom is 0.338 e. The molecule has 4 atom stereocenters. The second kappa shape index (κ2) is 11.0. The maximum atomic E-state index is 12.9. The van der Waals surface area contributed by atoms with Crippen molar-refractivity contribution in [2.24, 2.45) is 11.8 Å². The molecule has 188 valence electrons. The van der Waals surface area contributed by atoms with E-state index >= 15 is 0 Å². The molecule has 4 amide bonds. The minimum absolute atomic E-state index is 0.0418. The van der Waals surface area contributed by atoms with E-state index in [-0.39, 0.29) is 23.1 Å². The minimum Gasteiger partial charge on any atom is -0.452 e. The number of hydrogen-bond acceptors (Lipinski definition) is 6. The maximum absolute atomic E-state index is 12.9. The summed E-state index contributed by atoms with van der Waals surface area (Å²) < 4.78 is 5.80. The van der Waals surface area contributed by atoms with Crippen LogP contribution in [0.2, 0.25) is 0 Å². The predicted molar refractivity (Wildman–Crippen MR) is 134 cm³/mol. The number of ether oxygens (including phenoxy) is 1. The predicted octanol–water partition coefficient (Wildman–Crippen LogP) is 3.18. The molecule has 0 unspecified atom stereocenters. The van der Waals surface area contributed by atoms with Crippen LogP contribution in [-0.4, -0.2) is 47.0 Å². The molecule has 12 heteroatoms. The highest BCUT2D eigenvalue weighted by atomic mass is 79.9. The molecular weight excluding hydrogens is 577 g/mol. The second-order valence-corrected chi connectivity index (χ2v) is 10.4. The van der Waals surface area contributed by atoms with E-state index in [1.807, 2.05) is 0 Å². The Bertz CT molecular complexity index is 1200. The number of fused-ring (bicyclic) bond motifs is 1. The van der Waals surface area contributed by atoms with Crippen LogP contribution in [0.5, 0.6) is 0 Å². The van der Waals surface area contributed by atoms with Gasteiger partial charge in [-0.15, -0.1) is 23.2 Å². The van der Waals surface area contributed by atoms with Crippen molar-refractivity contribution in [1.82, 2.24) is 10.9 Å². The molecular formula is C24H20BrCl2N3O6. The monoisotopic (exact) mass is 595 g/mol. The smallest absolute Gasteiger partial charge is 0.338 e. The van der Waals surface area contributed by atoms with E-state index < -0.39 is 47.0 Å². The zero-order chi connectivity index (χ0) is 26.0. The molecule has 1 aliphatic carbocycles. The molecule has 2 aromatic carbocycles. The summed E-state index contributed by atoms with van der Waals surface area (Å²) in [6, 6.07) is 12.3. The van der Waals surface area contributed by atoms with Gasteiger partial charge in [0.25, 0.3) is 11.8 Å². The number of halogens is 3. The summed E-state index contributed by atoms with van der Waals surface area (Å²) in [5, 5.41) is -0.812. The van der Waals surface area contributed by atoms with Crippen LogP contribution < -0.4 is 15.8 Å². The lowest BCUT2D eigenvalue weighted by Crippen LogP contribution is -2.43. The fraction of sp³-hybridized carbons (Fsp3) is 0.292. The summed E-state index contributed by atoms with van der Waals surface area (Å²) in [6.07, 6.45) is 0.604. The fourth-order valence-electron chi connectivity index (χ4n) is 4.17. The van der Waals surface area contributed by atoms with E-state index in [1.54, 1.807) is 24.3 Å². The van der Waals surface area contributed by atoms with Gasteiger partial charge in [-0.2, -0.15) is 0 Å². The zero-order valence-electron chi connectivity index (χ0n) is 18.6. The normalized spacial score (nSPS) is 23.1. The van der Waals surface area contributed by atoms with Gasteiger partial charge in [0.05, 0.1) is 33.8 Å². The van der Waals surface area contributed by atoms with Crippen molar-refractivity contribution in [3.05, 3.63) is 64.1 Å². The Morgan fingerprint density at radius 2 is 1.53 bits per heavy atom. The van der Waals surface area contributed by atoms with Crippen molar-refractivity contribution in [2.75, 3.05) is 11.5 Å². The number of hydrogen-bond donors (Lipinski definition) is 2. The molecule has 1 heterocycles. The third-order valence-corrected chi connectivity index (χ3v) is 7.63. The van der Waals surface area contributed by atoms with Gasteiger partial charge < -0.3 is 4.74 Å². The van der Waals surface area contributed by atoms with E-state index in [0.29, 0.717) is 18.4 Å². The second-order valence-electron chi connectivity index (χ2n) is 8.36. The summed E-state index contributed by atoms with van der Waals surface area (Å²) in [5.41, 5.74) is 4.96. The third kappa shape index (κ3) is 5.55. The summed E-state index contributed by atoms with van der Waals surface area (Å²) in [6.45, 7) is -0.663. The molecule has 2 fully saturated rings. The van der Waals surface area contributed by atoms with Crippen LogP contribution in [0, 0.1) is 11.8 Å². The number of imide groups is 1. The molecule has 9 nitrogen and oxygen atoms in total. The largest absolute Gasteiger partial charge is 0.452 e. The van der Waals surface area contributed by atoms with Crippen LogP contribution in [0.3, 0.4) is 0 Å². The summed E-state index contributed by atoms with van der Waals surface area (Å²) >= 11 is 15.7. The van der Waals surface area contributed by atoms with Crippen LogP contribution in [-0.2, 0) is 19.1 Å². The standard InChI is InChI=1S/C24H20BrCl2N3O6/c25-14-6-4-12(5-7-14)21(32)29-28-20(31)11-36-24(35)13-2-1-3-15(8-13)30-22(33)16-9-18(26)19(27)10-17(16)23(30)34/h1-8,16-19H,9-11H2,(H,28,31)(H,29,32)/t16-,17-,18-,19+/m1/s1. The van der Waals surface area contributed by atoms with E-state index in [4.69, 9.17) is 27.9 Å². The number of carbonyl (C=O) groups excluding carboxylic acids is 5. The number of esters is 1. The van der Waals surface area contributed by atoms with Crippen molar-refractivity contribution in [1.29, 1.82) is 0 Å². The Kier molecular flexibility index (Phi) is 7.97. The first-order valence-electron chi connectivity index (χ1n) is 10.9. The Labute approximate surface area is 224 Å². The van der Waals surface area contributed by atoms with Gasteiger partial charge in [-0.25, -0.2) is 4.79 Å². The van der Waals surface area contributed by atoms with E-state index in [2.05, 4.69) is 26.8 Å². The van der Waals surface area contributed by atoms with Crippen molar-refractivity contribution in [3.63, 3.8) is 0 Å². The summed E-state index contributed by atoms with van der Waals surface area (Å²) in [5.74, 6) is -4.02. The van der Waals surface area contributed by atoms with Gasteiger partial charge in [0.2, 0.25) is 11.8 Å². The molecule has 0 bridgehead atoms. The topological polar surface area (TPSA) is 122 Å². The van der Waals surface area contributed by atoms with Gasteiger partial charge in [-0.3, -0.25) is 34.9 Å². The van der Waals surface area contributed by atoms with Crippen molar-refractivity contribution >= 4 is 74.4 Å². The number of amides is 4. The lowest BCUT2D eigenvalue weighted by atomic mass is 9.80. The van der Waals surface area contributed by atoms with Gasteiger partial charge in [-0.1, -0.05) is 22.0 Å². The van der Waals surface area contributed by atoms with E-state index in [9.17, 15) is 24.0 Å². The number of nitrogens with one attached hydrogen (secondary N) is 2.